The highest BCUT2D eigenvalue weighted by Gasteiger charge is 2.28. The Morgan fingerprint density at radius 1 is 1.05 bits per heavy atom. The number of piperazine rings is 1. The fourth-order valence-corrected chi connectivity index (χ4v) is 2.07. The zero-order valence-corrected chi connectivity index (χ0v) is 11.7. The number of hydrogen-bond acceptors (Lipinski definition) is 4. The molecule has 0 saturated carbocycles. The molecule has 1 heterocycles. The summed E-state index contributed by atoms with van der Waals surface area (Å²) < 4.78 is 46.9. The van der Waals surface area contributed by atoms with Gasteiger partial charge in [0.15, 0.2) is 18.1 Å². The Morgan fingerprint density at radius 3 is 2.29 bits per heavy atom. The molecule has 21 heavy (non-hydrogen) atoms. The quantitative estimate of drug-likeness (QED) is 0.870. The first-order chi connectivity index (χ1) is 10.0. The SMILES string of the molecule is FC(F)(F)COc1ccccc1OCCN1CCNCC1. The average Bonchev–Trinajstić information content (AvgIpc) is 2.46. The Balaban J connectivity index is 1.81. The fourth-order valence-electron chi connectivity index (χ4n) is 2.07. The van der Waals surface area contributed by atoms with Crippen LogP contribution >= 0.6 is 0 Å². The molecule has 0 aromatic heterocycles. The van der Waals surface area contributed by atoms with E-state index in [1.54, 1.807) is 18.2 Å². The van der Waals surface area contributed by atoms with Gasteiger partial charge in [-0.25, -0.2) is 0 Å². The van der Waals surface area contributed by atoms with Crippen molar-refractivity contribution in [2.24, 2.45) is 0 Å². The second kappa shape index (κ2) is 7.51. The Kier molecular flexibility index (Phi) is 5.69. The number of nitrogens with zero attached hydrogens (tertiary/aromatic N) is 1. The summed E-state index contributed by atoms with van der Waals surface area (Å²) in [5.41, 5.74) is 0. The van der Waals surface area contributed by atoms with E-state index in [1.165, 1.54) is 6.07 Å². The fraction of sp³-hybridized carbons (Fsp3) is 0.571. The highest BCUT2D eigenvalue weighted by molar-refractivity contribution is 5.39. The van der Waals surface area contributed by atoms with Crippen LogP contribution in [0.1, 0.15) is 0 Å². The molecule has 1 aliphatic rings. The molecule has 0 spiro atoms. The standard InChI is InChI=1S/C14H19F3N2O2/c15-14(16,17)11-21-13-4-2-1-3-12(13)20-10-9-19-7-5-18-6-8-19/h1-4,18H,5-11H2. The molecule has 7 heteroatoms. The predicted octanol–water partition coefficient (Wildman–Crippen LogP) is 1.91. The van der Waals surface area contributed by atoms with E-state index < -0.39 is 12.8 Å². The van der Waals surface area contributed by atoms with Gasteiger partial charge >= 0.3 is 6.18 Å². The molecule has 0 amide bonds. The van der Waals surface area contributed by atoms with Crippen molar-refractivity contribution in [1.29, 1.82) is 0 Å². The molecule has 0 atom stereocenters. The lowest BCUT2D eigenvalue weighted by atomic mass is 10.3. The van der Waals surface area contributed by atoms with Crippen LogP contribution in [0.5, 0.6) is 11.5 Å². The lowest BCUT2D eigenvalue weighted by Crippen LogP contribution is -2.44. The van der Waals surface area contributed by atoms with Gasteiger partial charge in [0.2, 0.25) is 0 Å². The second-order valence-electron chi connectivity index (χ2n) is 4.79. The zero-order valence-electron chi connectivity index (χ0n) is 11.7. The zero-order chi connectivity index (χ0) is 15.1. The highest BCUT2D eigenvalue weighted by Crippen LogP contribution is 2.28. The largest absolute Gasteiger partial charge is 0.488 e. The van der Waals surface area contributed by atoms with Crippen LogP contribution in [0, 0.1) is 0 Å². The van der Waals surface area contributed by atoms with E-state index in [-0.39, 0.29) is 5.75 Å². The summed E-state index contributed by atoms with van der Waals surface area (Å²) in [6.07, 6.45) is -4.35. The van der Waals surface area contributed by atoms with E-state index >= 15 is 0 Å². The van der Waals surface area contributed by atoms with E-state index in [4.69, 9.17) is 9.47 Å². The summed E-state index contributed by atoms with van der Waals surface area (Å²) in [5.74, 6) is 0.465. The molecule has 1 fully saturated rings. The Morgan fingerprint density at radius 2 is 1.67 bits per heavy atom. The van der Waals surface area contributed by atoms with Crippen molar-refractivity contribution in [2.75, 3.05) is 45.9 Å². The molecule has 1 N–H and O–H groups in total. The molecule has 4 nitrogen and oxygen atoms in total. The number of para-hydroxylation sites is 2. The number of nitrogens with one attached hydrogen (secondary N) is 1. The first-order valence-corrected chi connectivity index (χ1v) is 6.89. The molecular formula is C14H19F3N2O2. The number of rotatable bonds is 6. The number of benzene rings is 1. The molecule has 0 bridgehead atoms. The molecule has 118 valence electrons. The van der Waals surface area contributed by atoms with Gasteiger partial charge in [-0.05, 0) is 12.1 Å². The van der Waals surface area contributed by atoms with Crippen LogP contribution in [0.25, 0.3) is 0 Å². The van der Waals surface area contributed by atoms with Gasteiger partial charge in [-0.2, -0.15) is 13.2 Å². The van der Waals surface area contributed by atoms with Crippen molar-refractivity contribution in [1.82, 2.24) is 10.2 Å². The van der Waals surface area contributed by atoms with Crippen molar-refractivity contribution in [3.63, 3.8) is 0 Å². The number of alkyl halides is 3. The predicted molar refractivity (Wildman–Crippen MR) is 72.8 cm³/mol. The van der Waals surface area contributed by atoms with Crippen LogP contribution in [0.4, 0.5) is 13.2 Å². The van der Waals surface area contributed by atoms with Crippen molar-refractivity contribution >= 4 is 0 Å². The molecule has 1 aromatic rings. The number of hydrogen-bond donors (Lipinski definition) is 1. The molecule has 0 aliphatic carbocycles. The molecule has 1 aromatic carbocycles. The van der Waals surface area contributed by atoms with Gasteiger partial charge in [0, 0.05) is 32.7 Å². The van der Waals surface area contributed by atoms with Gasteiger partial charge in [0.1, 0.15) is 6.61 Å². The van der Waals surface area contributed by atoms with Crippen molar-refractivity contribution in [2.45, 2.75) is 6.18 Å². The third-order valence-corrected chi connectivity index (χ3v) is 3.12. The highest BCUT2D eigenvalue weighted by atomic mass is 19.4. The maximum atomic E-state index is 12.2. The number of halogens is 3. The summed E-state index contributed by atoms with van der Waals surface area (Å²) in [6, 6.07) is 6.42. The van der Waals surface area contributed by atoms with Crippen LogP contribution in [0.3, 0.4) is 0 Å². The molecular weight excluding hydrogens is 285 g/mol. The molecule has 0 radical (unpaired) electrons. The smallest absolute Gasteiger partial charge is 0.422 e. The molecule has 1 aliphatic heterocycles. The van der Waals surface area contributed by atoms with Gasteiger partial charge in [0.25, 0.3) is 0 Å². The molecule has 0 unspecified atom stereocenters. The van der Waals surface area contributed by atoms with Crippen LogP contribution in [-0.4, -0.2) is 57.0 Å². The Labute approximate surface area is 121 Å². The number of ether oxygens (including phenoxy) is 2. The van der Waals surface area contributed by atoms with Crippen molar-refractivity contribution < 1.29 is 22.6 Å². The minimum atomic E-state index is -4.35. The lowest BCUT2D eigenvalue weighted by Gasteiger charge is -2.27. The maximum absolute atomic E-state index is 12.2. The normalized spacial score (nSPS) is 16.7. The van der Waals surface area contributed by atoms with Gasteiger partial charge in [0.05, 0.1) is 0 Å². The minimum Gasteiger partial charge on any atom is -0.488 e. The van der Waals surface area contributed by atoms with Gasteiger partial charge in [-0.15, -0.1) is 0 Å². The third kappa shape index (κ3) is 5.81. The van der Waals surface area contributed by atoms with Crippen LogP contribution in [0.2, 0.25) is 0 Å². The van der Waals surface area contributed by atoms with Gasteiger partial charge in [-0.3, -0.25) is 4.90 Å². The van der Waals surface area contributed by atoms with E-state index in [9.17, 15) is 13.2 Å². The summed E-state index contributed by atoms with van der Waals surface area (Å²) in [6.45, 7) is 3.66. The Bertz CT molecular complexity index is 434. The van der Waals surface area contributed by atoms with Gasteiger partial charge < -0.3 is 14.8 Å². The van der Waals surface area contributed by atoms with E-state index in [0.717, 1.165) is 32.7 Å². The topological polar surface area (TPSA) is 33.7 Å². The molecule has 2 rings (SSSR count). The summed E-state index contributed by atoms with van der Waals surface area (Å²) >= 11 is 0. The van der Waals surface area contributed by atoms with E-state index in [2.05, 4.69) is 10.2 Å². The first kappa shape index (κ1) is 15.9. The first-order valence-electron chi connectivity index (χ1n) is 6.89. The maximum Gasteiger partial charge on any atom is 0.422 e. The van der Waals surface area contributed by atoms with Gasteiger partial charge in [-0.1, -0.05) is 12.1 Å². The van der Waals surface area contributed by atoms with Crippen molar-refractivity contribution in [3.8, 4) is 11.5 Å². The van der Waals surface area contributed by atoms with E-state index in [0.29, 0.717) is 12.4 Å². The van der Waals surface area contributed by atoms with E-state index in [1.807, 2.05) is 0 Å². The average molecular weight is 304 g/mol. The summed E-state index contributed by atoms with van der Waals surface area (Å²) in [5, 5.41) is 3.25. The summed E-state index contributed by atoms with van der Waals surface area (Å²) in [7, 11) is 0. The lowest BCUT2D eigenvalue weighted by molar-refractivity contribution is -0.153. The van der Waals surface area contributed by atoms with Crippen molar-refractivity contribution in [3.05, 3.63) is 24.3 Å². The summed E-state index contributed by atoms with van der Waals surface area (Å²) in [4.78, 5) is 2.25. The van der Waals surface area contributed by atoms with Crippen LogP contribution < -0.4 is 14.8 Å². The monoisotopic (exact) mass is 304 g/mol. The second-order valence-corrected chi connectivity index (χ2v) is 4.79. The minimum absolute atomic E-state index is 0.120. The van der Waals surface area contributed by atoms with Crippen LogP contribution in [-0.2, 0) is 0 Å². The molecule has 1 saturated heterocycles. The van der Waals surface area contributed by atoms with Crippen LogP contribution in [0.15, 0.2) is 24.3 Å². The Hall–Kier alpha value is -1.47. The third-order valence-electron chi connectivity index (χ3n) is 3.12.